The molecule has 1 aliphatic heterocycles. The molecule has 5 nitrogen and oxygen atoms in total. The quantitative estimate of drug-likeness (QED) is 0.680. The SMILES string of the molecule is CC(C)Oc1cccc(C(=O)NC(=S)Nc2ccc(N3CCCCC3C)cc2)c1. The largest absolute Gasteiger partial charge is 0.491 e. The van der Waals surface area contributed by atoms with Gasteiger partial charge in [0.2, 0.25) is 0 Å². The third-order valence-corrected chi connectivity index (χ3v) is 5.16. The van der Waals surface area contributed by atoms with Crippen LogP contribution >= 0.6 is 12.2 Å². The number of hydrogen-bond acceptors (Lipinski definition) is 4. The lowest BCUT2D eigenvalue weighted by Crippen LogP contribution is -2.37. The normalized spacial score (nSPS) is 16.4. The van der Waals surface area contributed by atoms with Crippen LogP contribution in [0.3, 0.4) is 0 Å². The number of amides is 1. The highest BCUT2D eigenvalue weighted by atomic mass is 32.1. The lowest BCUT2D eigenvalue weighted by Gasteiger charge is -2.35. The molecule has 1 saturated heterocycles. The van der Waals surface area contributed by atoms with Crippen molar-refractivity contribution >= 4 is 34.6 Å². The zero-order chi connectivity index (χ0) is 20.8. The Morgan fingerprint density at radius 2 is 1.93 bits per heavy atom. The Bertz CT molecular complexity index is 851. The highest BCUT2D eigenvalue weighted by molar-refractivity contribution is 7.80. The van der Waals surface area contributed by atoms with Crippen molar-refractivity contribution in [3.05, 3.63) is 54.1 Å². The van der Waals surface area contributed by atoms with Crippen molar-refractivity contribution in [3.8, 4) is 5.75 Å². The Labute approximate surface area is 178 Å². The van der Waals surface area contributed by atoms with Gasteiger partial charge >= 0.3 is 0 Å². The van der Waals surface area contributed by atoms with Gasteiger partial charge in [-0.25, -0.2) is 0 Å². The summed E-state index contributed by atoms with van der Waals surface area (Å²) in [6, 6.07) is 15.8. The highest BCUT2D eigenvalue weighted by Crippen LogP contribution is 2.25. The minimum Gasteiger partial charge on any atom is -0.491 e. The van der Waals surface area contributed by atoms with Gasteiger partial charge in [-0.2, -0.15) is 0 Å². The molecule has 0 aliphatic carbocycles. The molecule has 1 unspecified atom stereocenters. The molecule has 0 bridgehead atoms. The van der Waals surface area contributed by atoms with Crippen LogP contribution in [0.15, 0.2) is 48.5 Å². The first kappa shape index (κ1) is 21.1. The molecule has 3 rings (SSSR count). The van der Waals surface area contributed by atoms with Crippen molar-refractivity contribution in [2.75, 3.05) is 16.8 Å². The van der Waals surface area contributed by atoms with Gasteiger partial charge < -0.3 is 15.0 Å². The number of carbonyl (C=O) groups excluding carboxylic acids is 1. The number of piperidine rings is 1. The summed E-state index contributed by atoms with van der Waals surface area (Å²) in [6.07, 6.45) is 3.83. The second-order valence-electron chi connectivity index (χ2n) is 7.69. The lowest BCUT2D eigenvalue weighted by molar-refractivity contribution is 0.0977. The van der Waals surface area contributed by atoms with Gasteiger partial charge in [0.15, 0.2) is 5.11 Å². The van der Waals surface area contributed by atoms with Crippen LogP contribution in [0.2, 0.25) is 0 Å². The smallest absolute Gasteiger partial charge is 0.257 e. The predicted octanol–water partition coefficient (Wildman–Crippen LogP) is 4.98. The monoisotopic (exact) mass is 411 g/mol. The number of ether oxygens (including phenoxy) is 1. The van der Waals surface area contributed by atoms with Crippen LogP contribution in [0.25, 0.3) is 0 Å². The van der Waals surface area contributed by atoms with E-state index < -0.39 is 0 Å². The predicted molar refractivity (Wildman–Crippen MR) is 123 cm³/mol. The van der Waals surface area contributed by atoms with E-state index in [1.807, 2.05) is 32.0 Å². The van der Waals surface area contributed by atoms with E-state index in [-0.39, 0.29) is 17.1 Å². The van der Waals surface area contributed by atoms with Gasteiger partial charge in [0, 0.05) is 29.5 Å². The molecule has 0 saturated carbocycles. The Morgan fingerprint density at radius 1 is 1.17 bits per heavy atom. The van der Waals surface area contributed by atoms with Gasteiger partial charge in [0.1, 0.15) is 5.75 Å². The number of carbonyl (C=O) groups is 1. The molecule has 154 valence electrons. The van der Waals surface area contributed by atoms with Gasteiger partial charge in [0.05, 0.1) is 6.10 Å². The molecule has 0 spiro atoms. The second-order valence-corrected chi connectivity index (χ2v) is 8.10. The summed E-state index contributed by atoms with van der Waals surface area (Å²) in [5.74, 6) is 0.393. The van der Waals surface area contributed by atoms with Gasteiger partial charge in [0.25, 0.3) is 5.91 Å². The fourth-order valence-corrected chi connectivity index (χ4v) is 3.75. The van der Waals surface area contributed by atoms with E-state index in [1.165, 1.54) is 24.9 Å². The van der Waals surface area contributed by atoms with Gasteiger partial charge in [-0.3, -0.25) is 10.1 Å². The summed E-state index contributed by atoms with van der Waals surface area (Å²) in [5, 5.41) is 6.07. The Balaban J connectivity index is 1.57. The third kappa shape index (κ3) is 5.94. The summed E-state index contributed by atoms with van der Waals surface area (Å²) >= 11 is 5.31. The van der Waals surface area contributed by atoms with Gasteiger partial charge in [-0.1, -0.05) is 6.07 Å². The van der Waals surface area contributed by atoms with Crippen molar-refractivity contribution in [2.45, 2.75) is 52.2 Å². The fraction of sp³-hybridized carbons (Fsp3) is 0.391. The molecule has 0 aromatic heterocycles. The minimum absolute atomic E-state index is 0.0481. The maximum absolute atomic E-state index is 12.5. The first-order valence-corrected chi connectivity index (χ1v) is 10.6. The Kier molecular flexibility index (Phi) is 7.09. The van der Waals surface area contributed by atoms with Crippen molar-refractivity contribution in [1.29, 1.82) is 0 Å². The molecular formula is C23H29N3O2S. The molecular weight excluding hydrogens is 382 g/mol. The number of hydrogen-bond donors (Lipinski definition) is 2. The highest BCUT2D eigenvalue weighted by Gasteiger charge is 2.18. The van der Waals surface area contributed by atoms with Crippen molar-refractivity contribution in [1.82, 2.24) is 5.32 Å². The summed E-state index contributed by atoms with van der Waals surface area (Å²) in [5.41, 5.74) is 2.57. The van der Waals surface area contributed by atoms with E-state index in [0.717, 1.165) is 12.2 Å². The third-order valence-electron chi connectivity index (χ3n) is 4.95. The molecule has 29 heavy (non-hydrogen) atoms. The van der Waals surface area contributed by atoms with Crippen LogP contribution in [0, 0.1) is 0 Å². The standard InChI is InChI=1S/C23H29N3O2S/c1-16(2)28-21-9-6-8-18(15-21)22(27)25-23(29)24-19-10-12-20(13-11-19)26-14-5-4-7-17(26)3/h6,8-13,15-17H,4-5,7,14H2,1-3H3,(H2,24,25,27,29). The summed E-state index contributed by atoms with van der Waals surface area (Å²) < 4.78 is 5.64. The van der Waals surface area contributed by atoms with Crippen LogP contribution in [0.5, 0.6) is 5.75 Å². The van der Waals surface area contributed by atoms with Crippen molar-refractivity contribution < 1.29 is 9.53 Å². The van der Waals surface area contributed by atoms with Crippen LogP contribution in [-0.4, -0.2) is 29.7 Å². The van der Waals surface area contributed by atoms with Crippen LogP contribution in [0.1, 0.15) is 50.4 Å². The molecule has 2 N–H and O–H groups in total. The molecule has 1 amide bonds. The molecule has 1 heterocycles. The summed E-state index contributed by atoms with van der Waals surface area (Å²) in [6.45, 7) is 7.27. The molecule has 6 heteroatoms. The van der Waals surface area contributed by atoms with Gasteiger partial charge in [-0.05, 0) is 94.7 Å². The summed E-state index contributed by atoms with van der Waals surface area (Å²) in [4.78, 5) is 14.9. The van der Waals surface area contributed by atoms with E-state index in [9.17, 15) is 4.79 Å². The number of thiocarbonyl (C=S) groups is 1. The average molecular weight is 412 g/mol. The van der Waals surface area contributed by atoms with E-state index >= 15 is 0 Å². The first-order valence-electron chi connectivity index (χ1n) is 10.2. The zero-order valence-electron chi connectivity index (χ0n) is 17.3. The lowest BCUT2D eigenvalue weighted by atomic mass is 10.0. The Morgan fingerprint density at radius 3 is 2.62 bits per heavy atom. The molecule has 1 fully saturated rings. The molecule has 2 aromatic carbocycles. The topological polar surface area (TPSA) is 53.6 Å². The minimum atomic E-state index is -0.268. The number of rotatable bonds is 5. The van der Waals surface area contributed by atoms with Crippen LogP contribution in [0.4, 0.5) is 11.4 Å². The van der Waals surface area contributed by atoms with Crippen LogP contribution in [-0.2, 0) is 0 Å². The maximum atomic E-state index is 12.5. The number of nitrogens with zero attached hydrogens (tertiary/aromatic N) is 1. The first-order chi connectivity index (χ1) is 13.9. The van der Waals surface area contributed by atoms with E-state index in [4.69, 9.17) is 17.0 Å². The Hall–Kier alpha value is -2.60. The number of nitrogens with one attached hydrogen (secondary N) is 2. The molecule has 1 aliphatic rings. The molecule has 0 radical (unpaired) electrons. The second kappa shape index (κ2) is 9.74. The van der Waals surface area contributed by atoms with E-state index in [2.05, 4.69) is 34.6 Å². The number of anilines is 2. The van der Waals surface area contributed by atoms with Crippen molar-refractivity contribution in [3.63, 3.8) is 0 Å². The fourth-order valence-electron chi connectivity index (χ4n) is 3.54. The van der Waals surface area contributed by atoms with Crippen LogP contribution < -0.4 is 20.3 Å². The van der Waals surface area contributed by atoms with E-state index in [0.29, 0.717) is 17.4 Å². The maximum Gasteiger partial charge on any atom is 0.257 e. The van der Waals surface area contributed by atoms with Gasteiger partial charge in [-0.15, -0.1) is 0 Å². The summed E-state index contributed by atoms with van der Waals surface area (Å²) in [7, 11) is 0. The number of benzene rings is 2. The molecule has 1 atom stereocenters. The molecule has 2 aromatic rings. The zero-order valence-corrected chi connectivity index (χ0v) is 18.1. The van der Waals surface area contributed by atoms with Crippen molar-refractivity contribution in [2.24, 2.45) is 0 Å². The average Bonchev–Trinajstić information content (AvgIpc) is 2.69. The van der Waals surface area contributed by atoms with E-state index in [1.54, 1.807) is 18.2 Å².